The molecule has 0 bridgehead atoms. The van der Waals surface area contributed by atoms with Crippen LogP contribution in [-0.2, 0) is 16.1 Å². The molecular weight excluding hydrogens is 270 g/mol. The van der Waals surface area contributed by atoms with E-state index in [0.717, 1.165) is 23.9 Å². The lowest BCUT2D eigenvalue weighted by Crippen LogP contribution is -2.38. The predicted octanol–water partition coefficient (Wildman–Crippen LogP) is 1.50. The van der Waals surface area contributed by atoms with Crippen LogP contribution in [0.4, 0.5) is 0 Å². The van der Waals surface area contributed by atoms with E-state index in [-0.39, 0.29) is 24.9 Å². The highest BCUT2D eigenvalue weighted by Crippen LogP contribution is 2.21. The molecule has 1 amide bonds. The fourth-order valence-corrected chi connectivity index (χ4v) is 2.95. The molecule has 1 unspecified atom stereocenters. The number of fused-ring (bicyclic) bond motifs is 1. The molecular formula is C15H17N3O3. The number of hydrogen-bond acceptors (Lipinski definition) is 3. The van der Waals surface area contributed by atoms with Gasteiger partial charge in [-0.2, -0.15) is 0 Å². The van der Waals surface area contributed by atoms with Gasteiger partial charge >= 0.3 is 5.97 Å². The standard InChI is InChI=1S/C15H17N3O3/c19-14(18-7-3-4-11(18)8-15(20)21)9-17-10-16-12-5-1-2-6-13(12)17/h1-2,5-6,10-11H,3-4,7-9H2,(H,20,21). The van der Waals surface area contributed by atoms with Crippen LogP contribution >= 0.6 is 0 Å². The number of aliphatic carboxylic acids is 1. The average Bonchev–Trinajstić information content (AvgIpc) is 3.06. The van der Waals surface area contributed by atoms with Gasteiger partial charge in [-0.25, -0.2) is 4.98 Å². The second-order valence-electron chi connectivity index (χ2n) is 5.34. The van der Waals surface area contributed by atoms with Crippen LogP contribution in [0.15, 0.2) is 30.6 Å². The Kier molecular flexibility index (Phi) is 3.60. The summed E-state index contributed by atoms with van der Waals surface area (Å²) < 4.78 is 1.81. The smallest absolute Gasteiger partial charge is 0.305 e. The van der Waals surface area contributed by atoms with Crippen molar-refractivity contribution in [1.29, 1.82) is 0 Å². The van der Waals surface area contributed by atoms with Crippen molar-refractivity contribution >= 4 is 22.9 Å². The van der Waals surface area contributed by atoms with Crippen LogP contribution in [0.5, 0.6) is 0 Å². The Morgan fingerprint density at radius 1 is 1.33 bits per heavy atom. The number of carbonyl (C=O) groups is 2. The molecule has 1 fully saturated rings. The van der Waals surface area contributed by atoms with Gasteiger partial charge in [0, 0.05) is 12.6 Å². The fraction of sp³-hybridized carbons (Fsp3) is 0.400. The number of carbonyl (C=O) groups excluding carboxylic acids is 1. The Bertz CT molecular complexity index is 680. The van der Waals surface area contributed by atoms with E-state index in [1.54, 1.807) is 11.2 Å². The molecule has 0 spiro atoms. The highest BCUT2D eigenvalue weighted by Gasteiger charge is 2.30. The number of carboxylic acids is 1. The van der Waals surface area contributed by atoms with Crippen LogP contribution < -0.4 is 0 Å². The number of amides is 1. The molecule has 1 saturated heterocycles. The van der Waals surface area contributed by atoms with Gasteiger partial charge in [0.05, 0.1) is 23.8 Å². The summed E-state index contributed by atoms with van der Waals surface area (Å²) in [6, 6.07) is 7.47. The number of aromatic nitrogens is 2. The van der Waals surface area contributed by atoms with Crippen LogP contribution in [-0.4, -0.2) is 44.0 Å². The number of carboxylic acid groups (broad SMARTS) is 1. The van der Waals surface area contributed by atoms with Crippen LogP contribution in [0.25, 0.3) is 11.0 Å². The van der Waals surface area contributed by atoms with E-state index >= 15 is 0 Å². The summed E-state index contributed by atoms with van der Waals surface area (Å²) >= 11 is 0. The van der Waals surface area contributed by atoms with E-state index in [2.05, 4.69) is 4.98 Å². The Labute approximate surface area is 122 Å². The first-order valence-corrected chi connectivity index (χ1v) is 7.06. The second kappa shape index (κ2) is 5.55. The number of imidazole rings is 1. The van der Waals surface area contributed by atoms with Crippen LogP contribution in [0.2, 0.25) is 0 Å². The molecule has 0 radical (unpaired) electrons. The zero-order chi connectivity index (χ0) is 14.8. The fourth-order valence-electron chi connectivity index (χ4n) is 2.95. The highest BCUT2D eigenvalue weighted by molar-refractivity contribution is 5.81. The van der Waals surface area contributed by atoms with E-state index in [1.165, 1.54) is 0 Å². The van der Waals surface area contributed by atoms with Crippen LogP contribution in [0.3, 0.4) is 0 Å². The first kappa shape index (κ1) is 13.6. The third-order valence-corrected chi connectivity index (χ3v) is 3.94. The summed E-state index contributed by atoms with van der Waals surface area (Å²) in [5.74, 6) is -0.894. The van der Waals surface area contributed by atoms with Crippen molar-refractivity contribution in [1.82, 2.24) is 14.5 Å². The van der Waals surface area contributed by atoms with E-state index in [0.29, 0.717) is 6.54 Å². The average molecular weight is 287 g/mol. The third kappa shape index (κ3) is 2.74. The lowest BCUT2D eigenvalue weighted by molar-refractivity contribution is -0.140. The van der Waals surface area contributed by atoms with Gasteiger partial charge in [0.25, 0.3) is 0 Å². The summed E-state index contributed by atoms with van der Waals surface area (Å²) in [4.78, 5) is 29.3. The van der Waals surface area contributed by atoms with Gasteiger partial charge < -0.3 is 14.6 Å². The third-order valence-electron chi connectivity index (χ3n) is 3.94. The molecule has 6 nitrogen and oxygen atoms in total. The van der Waals surface area contributed by atoms with E-state index in [4.69, 9.17) is 5.11 Å². The van der Waals surface area contributed by atoms with Crippen LogP contribution in [0.1, 0.15) is 19.3 Å². The van der Waals surface area contributed by atoms with Gasteiger partial charge in [0.15, 0.2) is 0 Å². The first-order valence-electron chi connectivity index (χ1n) is 7.06. The monoisotopic (exact) mass is 287 g/mol. The van der Waals surface area contributed by atoms with Crippen molar-refractivity contribution in [3.05, 3.63) is 30.6 Å². The van der Waals surface area contributed by atoms with E-state index in [1.807, 2.05) is 28.8 Å². The Balaban J connectivity index is 1.75. The maximum absolute atomic E-state index is 12.4. The van der Waals surface area contributed by atoms with E-state index < -0.39 is 5.97 Å². The summed E-state index contributed by atoms with van der Waals surface area (Å²) in [5.41, 5.74) is 1.77. The van der Waals surface area contributed by atoms with Crippen molar-refractivity contribution in [3.63, 3.8) is 0 Å². The predicted molar refractivity (Wildman–Crippen MR) is 76.7 cm³/mol. The molecule has 1 aliphatic rings. The normalized spacial score (nSPS) is 18.3. The van der Waals surface area contributed by atoms with Crippen molar-refractivity contribution in [3.8, 4) is 0 Å². The second-order valence-corrected chi connectivity index (χ2v) is 5.34. The molecule has 0 aliphatic carbocycles. The lowest BCUT2D eigenvalue weighted by atomic mass is 10.1. The number of para-hydroxylation sites is 2. The molecule has 2 aromatic rings. The van der Waals surface area contributed by atoms with Gasteiger partial charge in [0.1, 0.15) is 6.54 Å². The largest absolute Gasteiger partial charge is 0.481 e. The van der Waals surface area contributed by atoms with Crippen molar-refractivity contribution in [2.75, 3.05) is 6.54 Å². The van der Waals surface area contributed by atoms with Crippen molar-refractivity contribution in [2.24, 2.45) is 0 Å². The zero-order valence-electron chi connectivity index (χ0n) is 11.6. The zero-order valence-corrected chi connectivity index (χ0v) is 11.6. The summed E-state index contributed by atoms with van der Waals surface area (Å²) in [6.45, 7) is 0.847. The minimum Gasteiger partial charge on any atom is -0.481 e. The minimum atomic E-state index is -0.854. The number of likely N-dealkylation sites (tertiary alicyclic amines) is 1. The topological polar surface area (TPSA) is 75.4 Å². The maximum Gasteiger partial charge on any atom is 0.305 e. The number of benzene rings is 1. The van der Waals surface area contributed by atoms with Gasteiger partial charge in [-0.05, 0) is 25.0 Å². The van der Waals surface area contributed by atoms with E-state index in [9.17, 15) is 9.59 Å². The summed E-state index contributed by atoms with van der Waals surface area (Å²) in [7, 11) is 0. The molecule has 3 rings (SSSR count). The molecule has 2 heterocycles. The van der Waals surface area contributed by atoms with Crippen molar-refractivity contribution < 1.29 is 14.7 Å². The highest BCUT2D eigenvalue weighted by atomic mass is 16.4. The molecule has 6 heteroatoms. The van der Waals surface area contributed by atoms with Crippen molar-refractivity contribution in [2.45, 2.75) is 31.8 Å². The van der Waals surface area contributed by atoms with Gasteiger partial charge in [0.2, 0.25) is 5.91 Å². The number of rotatable bonds is 4. The van der Waals surface area contributed by atoms with Gasteiger partial charge in [-0.1, -0.05) is 12.1 Å². The molecule has 110 valence electrons. The summed E-state index contributed by atoms with van der Waals surface area (Å²) in [6.07, 6.45) is 3.32. The number of hydrogen-bond donors (Lipinski definition) is 1. The molecule has 1 N–H and O–H groups in total. The maximum atomic E-state index is 12.4. The molecule has 1 atom stereocenters. The molecule has 1 aliphatic heterocycles. The molecule has 21 heavy (non-hydrogen) atoms. The Hall–Kier alpha value is -2.37. The molecule has 1 aromatic heterocycles. The Morgan fingerprint density at radius 3 is 2.95 bits per heavy atom. The molecule has 1 aromatic carbocycles. The molecule has 0 saturated carbocycles. The minimum absolute atomic E-state index is 0.0242. The lowest BCUT2D eigenvalue weighted by Gasteiger charge is -2.23. The summed E-state index contributed by atoms with van der Waals surface area (Å²) in [5, 5.41) is 8.92. The van der Waals surface area contributed by atoms with Crippen LogP contribution in [0, 0.1) is 0 Å². The van der Waals surface area contributed by atoms with Gasteiger partial charge in [-0.15, -0.1) is 0 Å². The first-order chi connectivity index (χ1) is 10.1. The Morgan fingerprint density at radius 2 is 2.14 bits per heavy atom. The van der Waals surface area contributed by atoms with Gasteiger partial charge in [-0.3, -0.25) is 9.59 Å². The quantitative estimate of drug-likeness (QED) is 0.924. The number of nitrogens with zero attached hydrogens (tertiary/aromatic N) is 3. The SMILES string of the molecule is O=C(O)CC1CCCN1C(=O)Cn1cnc2ccccc21.